The van der Waals surface area contributed by atoms with E-state index in [0.29, 0.717) is 23.7 Å². The topological polar surface area (TPSA) is 66.6 Å². The Morgan fingerprint density at radius 3 is 2.88 bits per heavy atom. The monoisotopic (exact) mass is 262 g/mol. The summed E-state index contributed by atoms with van der Waals surface area (Å²) in [5, 5.41) is 9.53. The summed E-state index contributed by atoms with van der Waals surface area (Å²) in [6.45, 7) is 0.420. The van der Waals surface area contributed by atoms with E-state index in [0.717, 1.165) is 5.56 Å². The van der Waals surface area contributed by atoms with E-state index in [2.05, 4.69) is 0 Å². The molecule has 1 aliphatic heterocycles. The lowest BCUT2D eigenvalue weighted by molar-refractivity contribution is 0.201. The van der Waals surface area contributed by atoms with E-state index >= 15 is 0 Å². The van der Waals surface area contributed by atoms with E-state index in [-0.39, 0.29) is 18.4 Å². The number of carboxylic acid groups (broad SMARTS) is 1. The van der Waals surface area contributed by atoms with Crippen molar-refractivity contribution >= 4 is 35.8 Å². The summed E-state index contributed by atoms with van der Waals surface area (Å²) in [5.41, 5.74) is 7.34. The molecule has 0 saturated carbocycles. The van der Waals surface area contributed by atoms with Gasteiger partial charge in [0.1, 0.15) is 0 Å². The van der Waals surface area contributed by atoms with Crippen LogP contribution in [0.25, 0.3) is 0 Å². The minimum Gasteiger partial charge on any atom is -0.465 e. The molecule has 0 bridgehead atoms. The van der Waals surface area contributed by atoms with Crippen molar-refractivity contribution in [3.05, 3.63) is 28.8 Å². The Labute approximate surface area is 104 Å². The highest BCUT2D eigenvalue weighted by atomic mass is 35.5. The summed E-state index contributed by atoms with van der Waals surface area (Å²) >= 11 is 5.83. The van der Waals surface area contributed by atoms with Crippen LogP contribution >= 0.6 is 24.0 Å². The minimum absolute atomic E-state index is 0. The molecule has 6 heteroatoms. The standard InChI is InChI=1S/C10H11ClN2O2.ClH/c11-6-1-2-7-8(12)3-4-13(10(14)15)9(7)5-6;/h1-2,5,8H,3-4,12H2,(H,14,15);1H. The number of hydrogen-bond acceptors (Lipinski definition) is 2. The molecule has 0 aromatic heterocycles. The van der Waals surface area contributed by atoms with Gasteiger partial charge in [0.05, 0.1) is 5.69 Å². The molecule has 0 spiro atoms. The van der Waals surface area contributed by atoms with Crippen LogP contribution < -0.4 is 10.6 Å². The van der Waals surface area contributed by atoms with Gasteiger partial charge in [-0.1, -0.05) is 17.7 Å². The Kier molecular flexibility index (Phi) is 4.02. The van der Waals surface area contributed by atoms with Gasteiger partial charge in [0, 0.05) is 17.6 Å². The van der Waals surface area contributed by atoms with Gasteiger partial charge in [0.15, 0.2) is 0 Å². The van der Waals surface area contributed by atoms with E-state index in [1.807, 2.05) is 0 Å². The zero-order chi connectivity index (χ0) is 11.0. The number of rotatable bonds is 0. The van der Waals surface area contributed by atoms with Gasteiger partial charge < -0.3 is 10.8 Å². The van der Waals surface area contributed by atoms with E-state index in [4.69, 9.17) is 22.4 Å². The Hall–Kier alpha value is -0.970. The molecule has 4 nitrogen and oxygen atoms in total. The average Bonchev–Trinajstić information content (AvgIpc) is 2.17. The molecule has 2 rings (SSSR count). The predicted octanol–water partition coefficient (Wildman–Crippen LogP) is 2.65. The van der Waals surface area contributed by atoms with Crippen molar-refractivity contribution in [2.75, 3.05) is 11.4 Å². The molecule has 1 heterocycles. The number of benzene rings is 1. The number of nitrogens with two attached hydrogens (primary N) is 1. The molecule has 0 aliphatic carbocycles. The second-order valence-electron chi connectivity index (χ2n) is 3.53. The molecule has 1 aromatic rings. The SMILES string of the molecule is Cl.NC1CCN(C(=O)O)c2cc(Cl)ccc21. The largest absolute Gasteiger partial charge is 0.465 e. The third-order valence-electron chi connectivity index (χ3n) is 2.58. The second-order valence-corrected chi connectivity index (χ2v) is 3.97. The summed E-state index contributed by atoms with van der Waals surface area (Å²) in [4.78, 5) is 12.3. The molecule has 3 N–H and O–H groups in total. The van der Waals surface area contributed by atoms with E-state index in [1.165, 1.54) is 4.90 Å². The zero-order valence-corrected chi connectivity index (χ0v) is 9.96. The molecular formula is C10H12Cl2N2O2. The lowest BCUT2D eigenvalue weighted by Crippen LogP contribution is -2.37. The van der Waals surface area contributed by atoms with Crippen molar-refractivity contribution < 1.29 is 9.90 Å². The molecule has 16 heavy (non-hydrogen) atoms. The fraction of sp³-hybridized carbons (Fsp3) is 0.300. The molecule has 1 aliphatic rings. The van der Waals surface area contributed by atoms with Crippen LogP contribution in [0.1, 0.15) is 18.0 Å². The van der Waals surface area contributed by atoms with Crippen molar-refractivity contribution in [1.29, 1.82) is 0 Å². The van der Waals surface area contributed by atoms with Gasteiger partial charge in [-0.2, -0.15) is 0 Å². The quantitative estimate of drug-likeness (QED) is 0.756. The summed E-state index contributed by atoms with van der Waals surface area (Å²) in [6.07, 6.45) is -0.327. The molecule has 0 radical (unpaired) electrons. The Morgan fingerprint density at radius 2 is 2.25 bits per heavy atom. The maximum atomic E-state index is 11.0. The Morgan fingerprint density at radius 1 is 1.56 bits per heavy atom. The lowest BCUT2D eigenvalue weighted by atomic mass is 9.97. The number of carbonyl (C=O) groups is 1. The molecular weight excluding hydrogens is 251 g/mol. The van der Waals surface area contributed by atoms with Crippen molar-refractivity contribution in [1.82, 2.24) is 0 Å². The third-order valence-corrected chi connectivity index (χ3v) is 2.81. The van der Waals surface area contributed by atoms with Crippen LogP contribution in [0.3, 0.4) is 0 Å². The van der Waals surface area contributed by atoms with Gasteiger partial charge in [-0.25, -0.2) is 4.79 Å². The first-order valence-electron chi connectivity index (χ1n) is 4.65. The second kappa shape index (κ2) is 4.91. The first kappa shape index (κ1) is 13.1. The first-order chi connectivity index (χ1) is 7.09. The Balaban J connectivity index is 0.00000128. The maximum absolute atomic E-state index is 11.0. The fourth-order valence-corrected chi connectivity index (χ4v) is 1.97. The lowest BCUT2D eigenvalue weighted by Gasteiger charge is -2.30. The fourth-order valence-electron chi connectivity index (χ4n) is 1.81. The predicted molar refractivity (Wildman–Crippen MR) is 65.6 cm³/mol. The smallest absolute Gasteiger partial charge is 0.411 e. The van der Waals surface area contributed by atoms with Crippen LogP contribution in [0.5, 0.6) is 0 Å². The van der Waals surface area contributed by atoms with Crippen molar-refractivity contribution in [3.63, 3.8) is 0 Å². The third kappa shape index (κ3) is 2.24. The number of nitrogens with zero attached hydrogens (tertiary/aromatic N) is 1. The number of fused-ring (bicyclic) bond motifs is 1. The van der Waals surface area contributed by atoms with Gasteiger partial charge in [-0.3, -0.25) is 4.90 Å². The number of anilines is 1. The highest BCUT2D eigenvalue weighted by Gasteiger charge is 2.26. The minimum atomic E-state index is -0.967. The van der Waals surface area contributed by atoms with Crippen molar-refractivity contribution in [2.45, 2.75) is 12.5 Å². The molecule has 0 fully saturated rings. The molecule has 1 amide bonds. The van der Waals surface area contributed by atoms with E-state index in [1.54, 1.807) is 18.2 Å². The number of amides is 1. The van der Waals surface area contributed by atoms with Gasteiger partial charge >= 0.3 is 6.09 Å². The number of halogens is 2. The molecule has 88 valence electrons. The maximum Gasteiger partial charge on any atom is 0.411 e. The van der Waals surface area contributed by atoms with Crippen LogP contribution in [-0.2, 0) is 0 Å². The van der Waals surface area contributed by atoms with Gasteiger partial charge in [0.25, 0.3) is 0 Å². The highest BCUT2D eigenvalue weighted by molar-refractivity contribution is 6.31. The van der Waals surface area contributed by atoms with Gasteiger partial charge in [-0.05, 0) is 24.1 Å². The van der Waals surface area contributed by atoms with E-state index < -0.39 is 6.09 Å². The van der Waals surface area contributed by atoms with Crippen LogP contribution in [0.4, 0.5) is 10.5 Å². The van der Waals surface area contributed by atoms with Crippen molar-refractivity contribution in [2.24, 2.45) is 5.73 Å². The average molecular weight is 263 g/mol. The normalized spacial score (nSPS) is 18.6. The molecule has 1 unspecified atom stereocenters. The van der Waals surface area contributed by atoms with Crippen molar-refractivity contribution in [3.8, 4) is 0 Å². The number of hydrogen-bond donors (Lipinski definition) is 2. The summed E-state index contributed by atoms with van der Waals surface area (Å²) in [5.74, 6) is 0. The van der Waals surface area contributed by atoms with Crippen LogP contribution in [0.2, 0.25) is 5.02 Å². The summed E-state index contributed by atoms with van der Waals surface area (Å²) < 4.78 is 0. The van der Waals surface area contributed by atoms with Crippen LogP contribution in [0, 0.1) is 0 Å². The Bertz CT molecular complexity index is 412. The molecule has 1 aromatic carbocycles. The van der Waals surface area contributed by atoms with Gasteiger partial charge in [-0.15, -0.1) is 12.4 Å². The van der Waals surface area contributed by atoms with E-state index in [9.17, 15) is 4.79 Å². The summed E-state index contributed by atoms with van der Waals surface area (Å²) in [6, 6.07) is 5.06. The highest BCUT2D eigenvalue weighted by Crippen LogP contribution is 2.34. The zero-order valence-electron chi connectivity index (χ0n) is 8.39. The molecule has 0 saturated heterocycles. The van der Waals surface area contributed by atoms with Crippen LogP contribution in [-0.4, -0.2) is 17.7 Å². The first-order valence-corrected chi connectivity index (χ1v) is 5.03. The van der Waals surface area contributed by atoms with Crippen LogP contribution in [0.15, 0.2) is 18.2 Å². The molecule has 1 atom stereocenters. The van der Waals surface area contributed by atoms with Gasteiger partial charge in [0.2, 0.25) is 0 Å². The summed E-state index contributed by atoms with van der Waals surface area (Å²) in [7, 11) is 0.